The largest absolute Gasteiger partial charge is 0.508 e. The van der Waals surface area contributed by atoms with Crippen molar-refractivity contribution in [3.05, 3.63) is 29.3 Å². The molecular formula is C17H21NO2. The summed E-state index contributed by atoms with van der Waals surface area (Å²) in [6.45, 7) is 1.10. The van der Waals surface area contributed by atoms with Crippen LogP contribution in [0.1, 0.15) is 36.8 Å². The second kappa shape index (κ2) is 4.08. The first kappa shape index (κ1) is 12.4. The van der Waals surface area contributed by atoms with E-state index in [1.54, 1.807) is 6.07 Å². The molecule has 0 unspecified atom stereocenters. The van der Waals surface area contributed by atoms with Crippen LogP contribution in [0.25, 0.3) is 0 Å². The second-order valence-corrected chi connectivity index (χ2v) is 6.85. The van der Waals surface area contributed by atoms with Gasteiger partial charge in [-0.05, 0) is 62.0 Å². The average Bonchev–Trinajstić information content (AvgIpc) is 2.43. The van der Waals surface area contributed by atoms with Gasteiger partial charge in [-0.2, -0.15) is 0 Å². The molecule has 2 aliphatic carbocycles. The van der Waals surface area contributed by atoms with Crippen molar-refractivity contribution in [1.82, 2.24) is 4.90 Å². The highest BCUT2D eigenvalue weighted by molar-refractivity contribution is 5.80. The van der Waals surface area contributed by atoms with Gasteiger partial charge in [0.15, 0.2) is 0 Å². The van der Waals surface area contributed by atoms with Crippen molar-refractivity contribution < 1.29 is 9.90 Å². The van der Waals surface area contributed by atoms with Crippen molar-refractivity contribution in [2.75, 3.05) is 13.6 Å². The number of hydrogen-bond donors (Lipinski definition) is 1. The van der Waals surface area contributed by atoms with Crippen LogP contribution in [0, 0.1) is 5.92 Å². The summed E-state index contributed by atoms with van der Waals surface area (Å²) >= 11 is 0. The lowest BCUT2D eigenvalue weighted by Crippen LogP contribution is -2.60. The number of hydrogen-bond acceptors (Lipinski definition) is 3. The van der Waals surface area contributed by atoms with Crippen molar-refractivity contribution in [2.45, 2.75) is 43.6 Å². The predicted octanol–water partition coefficient (Wildman–Crippen LogP) is 2.26. The molecule has 1 aliphatic heterocycles. The molecule has 3 atom stereocenters. The molecule has 1 N–H and O–H groups in total. The Bertz CT molecular complexity index is 582. The Hall–Kier alpha value is -1.35. The van der Waals surface area contributed by atoms with Crippen LogP contribution in [-0.4, -0.2) is 35.4 Å². The van der Waals surface area contributed by atoms with E-state index >= 15 is 0 Å². The van der Waals surface area contributed by atoms with Crippen molar-refractivity contribution in [3.63, 3.8) is 0 Å². The molecule has 1 aromatic rings. The molecule has 106 valence electrons. The summed E-state index contributed by atoms with van der Waals surface area (Å²) in [5.41, 5.74) is 2.85. The maximum absolute atomic E-state index is 12.0. The Morgan fingerprint density at radius 3 is 3.00 bits per heavy atom. The number of ketones is 1. The minimum atomic E-state index is 0.136. The zero-order valence-corrected chi connectivity index (χ0v) is 11.9. The summed E-state index contributed by atoms with van der Waals surface area (Å²) in [5.74, 6) is 1.23. The first-order valence-corrected chi connectivity index (χ1v) is 7.64. The molecule has 2 fully saturated rings. The molecule has 3 heteroatoms. The van der Waals surface area contributed by atoms with Gasteiger partial charge in [0.05, 0.1) is 0 Å². The Balaban J connectivity index is 1.90. The van der Waals surface area contributed by atoms with Gasteiger partial charge in [-0.1, -0.05) is 6.07 Å². The minimum absolute atomic E-state index is 0.136. The molecule has 0 radical (unpaired) electrons. The lowest BCUT2D eigenvalue weighted by molar-refractivity contribution is -0.127. The molecule has 1 saturated carbocycles. The van der Waals surface area contributed by atoms with E-state index in [0.717, 1.165) is 32.2 Å². The van der Waals surface area contributed by atoms with E-state index in [1.807, 2.05) is 6.07 Å². The highest BCUT2D eigenvalue weighted by Crippen LogP contribution is 2.55. The van der Waals surface area contributed by atoms with Crippen molar-refractivity contribution in [3.8, 4) is 5.75 Å². The van der Waals surface area contributed by atoms with Crippen LogP contribution in [0.15, 0.2) is 18.2 Å². The van der Waals surface area contributed by atoms with Gasteiger partial charge in [-0.3, -0.25) is 4.79 Å². The molecule has 4 rings (SSSR count). The number of carbonyl (C=O) groups is 1. The quantitative estimate of drug-likeness (QED) is 0.787. The highest BCUT2D eigenvalue weighted by atomic mass is 16.3. The number of fused-ring (bicyclic) bond motifs is 1. The summed E-state index contributed by atoms with van der Waals surface area (Å²) in [4.78, 5) is 14.4. The van der Waals surface area contributed by atoms with Crippen LogP contribution < -0.4 is 0 Å². The third-order valence-corrected chi connectivity index (χ3v) is 6.01. The summed E-state index contributed by atoms with van der Waals surface area (Å²) < 4.78 is 0. The lowest BCUT2D eigenvalue weighted by atomic mass is 9.52. The Morgan fingerprint density at radius 1 is 1.30 bits per heavy atom. The lowest BCUT2D eigenvalue weighted by Gasteiger charge is -2.58. The molecule has 3 nitrogen and oxygen atoms in total. The van der Waals surface area contributed by atoms with E-state index in [2.05, 4.69) is 18.0 Å². The van der Waals surface area contributed by atoms with Gasteiger partial charge < -0.3 is 10.0 Å². The van der Waals surface area contributed by atoms with Gasteiger partial charge in [0.2, 0.25) is 0 Å². The Morgan fingerprint density at radius 2 is 2.15 bits per heavy atom. The summed E-state index contributed by atoms with van der Waals surface area (Å²) in [6, 6.07) is 6.36. The van der Waals surface area contributed by atoms with Gasteiger partial charge in [-0.25, -0.2) is 0 Å². The zero-order valence-electron chi connectivity index (χ0n) is 11.9. The molecule has 0 amide bonds. The number of phenols is 1. The summed E-state index contributed by atoms with van der Waals surface area (Å²) in [7, 11) is 2.19. The number of Topliss-reactive ketones (excluding diaryl/α,β-unsaturated/α-hetero) is 1. The number of benzene rings is 1. The van der Waals surface area contributed by atoms with Crippen LogP contribution in [0.5, 0.6) is 5.75 Å². The number of carbonyl (C=O) groups excluding carboxylic acids is 1. The number of phenolic OH excluding ortho intramolecular Hbond substituents is 1. The number of piperidine rings is 1. The topological polar surface area (TPSA) is 40.5 Å². The number of aromatic hydroxyl groups is 1. The SMILES string of the molecule is CN1CC[C@]23CCC(=O)C[C@H]2[C@H]1Cc1ccc(O)cc13. The zero-order chi connectivity index (χ0) is 13.9. The maximum atomic E-state index is 12.0. The van der Waals surface area contributed by atoms with Crippen LogP contribution in [0.4, 0.5) is 0 Å². The third kappa shape index (κ3) is 1.53. The molecule has 1 aromatic carbocycles. The fourth-order valence-electron chi connectivity index (χ4n) is 4.95. The second-order valence-electron chi connectivity index (χ2n) is 6.85. The van der Waals surface area contributed by atoms with Gasteiger partial charge >= 0.3 is 0 Å². The first-order chi connectivity index (χ1) is 9.60. The fraction of sp³-hybridized carbons (Fsp3) is 0.588. The first-order valence-electron chi connectivity index (χ1n) is 7.64. The Labute approximate surface area is 119 Å². The summed E-state index contributed by atoms with van der Waals surface area (Å²) in [6.07, 6.45) is 4.55. The molecule has 0 aromatic heterocycles. The van der Waals surface area contributed by atoms with Crippen LogP contribution in [-0.2, 0) is 16.6 Å². The molecule has 1 saturated heterocycles. The standard InChI is InChI=1S/C17H21NO2/c1-18-7-6-17-5-4-13(20)10-15(17)16(18)8-11-2-3-12(19)9-14(11)17/h2-3,9,15-16,19H,4-8,10H2,1H3/t15-,16+,17-/m0/s1. The van der Waals surface area contributed by atoms with Gasteiger partial charge in [0.25, 0.3) is 0 Å². The van der Waals surface area contributed by atoms with Crippen molar-refractivity contribution in [1.29, 1.82) is 0 Å². The van der Waals surface area contributed by atoms with Gasteiger partial charge in [0, 0.05) is 24.3 Å². The smallest absolute Gasteiger partial charge is 0.133 e. The van der Waals surface area contributed by atoms with E-state index < -0.39 is 0 Å². The molecular weight excluding hydrogens is 250 g/mol. The number of likely N-dealkylation sites (tertiary alicyclic amines) is 1. The van der Waals surface area contributed by atoms with E-state index in [0.29, 0.717) is 29.9 Å². The molecule has 3 aliphatic rings. The van der Waals surface area contributed by atoms with E-state index in [-0.39, 0.29) is 5.41 Å². The molecule has 1 heterocycles. The third-order valence-electron chi connectivity index (χ3n) is 6.01. The van der Waals surface area contributed by atoms with Gasteiger partial charge in [-0.15, -0.1) is 0 Å². The van der Waals surface area contributed by atoms with Crippen LogP contribution in [0.3, 0.4) is 0 Å². The summed E-state index contributed by atoms with van der Waals surface area (Å²) in [5, 5.41) is 9.90. The van der Waals surface area contributed by atoms with E-state index in [4.69, 9.17) is 0 Å². The highest BCUT2D eigenvalue weighted by Gasteiger charge is 2.54. The monoisotopic (exact) mass is 271 g/mol. The molecule has 2 bridgehead atoms. The minimum Gasteiger partial charge on any atom is -0.508 e. The van der Waals surface area contributed by atoms with Crippen LogP contribution >= 0.6 is 0 Å². The fourth-order valence-corrected chi connectivity index (χ4v) is 4.95. The van der Waals surface area contributed by atoms with E-state index in [1.165, 1.54) is 11.1 Å². The van der Waals surface area contributed by atoms with Crippen molar-refractivity contribution in [2.24, 2.45) is 5.92 Å². The number of rotatable bonds is 0. The number of likely N-dealkylation sites (N-methyl/N-ethyl adjacent to an activating group) is 1. The van der Waals surface area contributed by atoms with Crippen LogP contribution in [0.2, 0.25) is 0 Å². The maximum Gasteiger partial charge on any atom is 0.133 e. The predicted molar refractivity (Wildman–Crippen MR) is 76.9 cm³/mol. The van der Waals surface area contributed by atoms with Crippen molar-refractivity contribution >= 4 is 5.78 Å². The normalized spacial score (nSPS) is 36.4. The molecule has 0 spiro atoms. The average molecular weight is 271 g/mol. The van der Waals surface area contributed by atoms with E-state index in [9.17, 15) is 9.90 Å². The number of nitrogens with zero attached hydrogens (tertiary/aromatic N) is 1. The van der Waals surface area contributed by atoms with Gasteiger partial charge in [0.1, 0.15) is 11.5 Å². The molecule has 20 heavy (non-hydrogen) atoms. The Kier molecular flexibility index (Phi) is 2.53.